The molecule has 0 aromatic carbocycles. The second-order valence-corrected chi connectivity index (χ2v) is 6.50. The number of H-pyrrole nitrogens is 1. The van der Waals surface area contributed by atoms with Gasteiger partial charge in [0.15, 0.2) is 5.76 Å². The number of hydrogen-bond donors (Lipinski definition) is 3. The molecule has 0 radical (unpaired) electrons. The Bertz CT molecular complexity index is 570. The lowest BCUT2D eigenvalue weighted by molar-refractivity contribution is 0.128. The summed E-state index contributed by atoms with van der Waals surface area (Å²) in [7, 11) is 0. The van der Waals surface area contributed by atoms with Crippen LogP contribution in [0.5, 0.6) is 0 Å². The van der Waals surface area contributed by atoms with Crippen LogP contribution in [0.2, 0.25) is 0 Å². The van der Waals surface area contributed by atoms with E-state index < -0.39 is 0 Å². The molecule has 0 fully saturated rings. The van der Waals surface area contributed by atoms with E-state index in [4.69, 9.17) is 4.42 Å². The van der Waals surface area contributed by atoms with Gasteiger partial charge in [0.2, 0.25) is 0 Å². The van der Waals surface area contributed by atoms with E-state index >= 15 is 0 Å². The number of rotatable bonds is 7. The van der Waals surface area contributed by atoms with Crippen LogP contribution >= 0.6 is 0 Å². The van der Waals surface area contributed by atoms with Gasteiger partial charge in [0.1, 0.15) is 11.5 Å². The van der Waals surface area contributed by atoms with Crippen LogP contribution < -0.4 is 5.32 Å². The largest absolute Gasteiger partial charge is 0.460 e. The van der Waals surface area contributed by atoms with Crippen molar-refractivity contribution in [3.63, 3.8) is 0 Å². The minimum Gasteiger partial charge on any atom is -0.460 e. The topological polar surface area (TPSA) is 74.1 Å². The van der Waals surface area contributed by atoms with E-state index in [1.807, 2.05) is 32.2 Å². The van der Waals surface area contributed by atoms with Gasteiger partial charge < -0.3 is 14.8 Å². The summed E-state index contributed by atoms with van der Waals surface area (Å²) >= 11 is 0. The fraction of sp³-hybridized carbons (Fsp3) is 0.562. The quantitative estimate of drug-likeness (QED) is 0.733. The molecule has 1 atom stereocenters. The monoisotopic (exact) mass is 291 g/mol. The number of furan rings is 1. The van der Waals surface area contributed by atoms with Crippen LogP contribution in [0.3, 0.4) is 0 Å². The Kier molecular flexibility index (Phi) is 4.85. The molecule has 0 aliphatic carbocycles. The van der Waals surface area contributed by atoms with Crippen LogP contribution in [0.25, 0.3) is 11.5 Å². The van der Waals surface area contributed by atoms with E-state index in [-0.39, 0.29) is 11.5 Å². The number of aliphatic hydroxyl groups is 1. The van der Waals surface area contributed by atoms with Gasteiger partial charge in [-0.25, -0.2) is 0 Å². The zero-order valence-electron chi connectivity index (χ0n) is 13.2. The van der Waals surface area contributed by atoms with Gasteiger partial charge in [0.05, 0.1) is 12.3 Å². The van der Waals surface area contributed by atoms with Crippen molar-refractivity contribution in [3.8, 4) is 11.5 Å². The first-order valence-corrected chi connectivity index (χ1v) is 7.35. The summed E-state index contributed by atoms with van der Waals surface area (Å²) in [6.07, 6.45) is 2.31. The van der Waals surface area contributed by atoms with Crippen molar-refractivity contribution in [2.24, 2.45) is 5.41 Å². The number of hydrogen-bond acceptors (Lipinski definition) is 4. The van der Waals surface area contributed by atoms with E-state index in [0.717, 1.165) is 42.3 Å². The van der Waals surface area contributed by atoms with Gasteiger partial charge in [-0.15, -0.1) is 0 Å². The van der Waals surface area contributed by atoms with Gasteiger partial charge in [0.25, 0.3) is 0 Å². The van der Waals surface area contributed by atoms with Crippen molar-refractivity contribution < 1.29 is 9.52 Å². The van der Waals surface area contributed by atoms with Crippen LogP contribution in [0, 0.1) is 12.3 Å². The first kappa shape index (κ1) is 15.8. The fourth-order valence-electron chi connectivity index (χ4n) is 2.63. The second kappa shape index (κ2) is 6.45. The van der Waals surface area contributed by atoms with E-state index in [0.29, 0.717) is 0 Å². The van der Waals surface area contributed by atoms with Gasteiger partial charge >= 0.3 is 0 Å². The van der Waals surface area contributed by atoms with E-state index in [2.05, 4.69) is 29.4 Å². The molecule has 5 nitrogen and oxygen atoms in total. The lowest BCUT2D eigenvalue weighted by Crippen LogP contribution is -2.31. The SMILES string of the molecule is Cc1ccc(-c2[nH]ncc2CNCC(C)(C)CC(C)O)o1. The third-order valence-electron chi connectivity index (χ3n) is 3.47. The molecule has 0 aliphatic rings. The molecule has 2 aromatic rings. The zero-order valence-corrected chi connectivity index (χ0v) is 13.2. The first-order valence-electron chi connectivity index (χ1n) is 7.35. The number of aromatic amines is 1. The maximum atomic E-state index is 9.51. The average Bonchev–Trinajstić information content (AvgIpc) is 2.95. The Morgan fingerprint density at radius 3 is 2.81 bits per heavy atom. The Morgan fingerprint density at radius 2 is 2.19 bits per heavy atom. The minimum atomic E-state index is -0.280. The predicted molar refractivity (Wildman–Crippen MR) is 82.8 cm³/mol. The molecule has 0 aliphatic heterocycles. The van der Waals surface area contributed by atoms with Gasteiger partial charge in [-0.3, -0.25) is 5.10 Å². The van der Waals surface area contributed by atoms with Crippen LogP contribution in [-0.2, 0) is 6.54 Å². The van der Waals surface area contributed by atoms with Gasteiger partial charge in [0, 0.05) is 18.7 Å². The Balaban J connectivity index is 1.94. The molecule has 3 N–H and O–H groups in total. The Hall–Kier alpha value is -1.59. The van der Waals surface area contributed by atoms with Crippen molar-refractivity contribution >= 4 is 0 Å². The van der Waals surface area contributed by atoms with E-state index in [1.165, 1.54) is 0 Å². The molecular weight excluding hydrogens is 266 g/mol. The molecule has 0 bridgehead atoms. The smallest absolute Gasteiger partial charge is 0.152 e. The predicted octanol–water partition coefficient (Wildman–Crippen LogP) is 2.86. The summed E-state index contributed by atoms with van der Waals surface area (Å²) in [4.78, 5) is 0. The number of nitrogens with zero attached hydrogens (tertiary/aromatic N) is 1. The van der Waals surface area contributed by atoms with Crippen molar-refractivity contribution in [1.29, 1.82) is 0 Å². The maximum absolute atomic E-state index is 9.51. The van der Waals surface area contributed by atoms with Gasteiger partial charge in [-0.05, 0) is 37.8 Å². The highest BCUT2D eigenvalue weighted by Crippen LogP contribution is 2.24. The third-order valence-corrected chi connectivity index (χ3v) is 3.47. The number of aliphatic hydroxyl groups excluding tert-OH is 1. The highest BCUT2D eigenvalue weighted by molar-refractivity contribution is 5.56. The molecule has 1 unspecified atom stereocenters. The van der Waals surface area contributed by atoms with Crippen molar-refractivity contribution in [2.45, 2.75) is 46.8 Å². The highest BCUT2D eigenvalue weighted by Gasteiger charge is 2.20. The second-order valence-electron chi connectivity index (χ2n) is 6.50. The zero-order chi connectivity index (χ0) is 15.5. The summed E-state index contributed by atoms with van der Waals surface area (Å²) < 4.78 is 5.64. The Morgan fingerprint density at radius 1 is 1.43 bits per heavy atom. The van der Waals surface area contributed by atoms with Crippen LogP contribution in [0.4, 0.5) is 0 Å². The standard InChI is InChI=1S/C16H25N3O2/c1-11(20)7-16(3,4)10-17-8-13-9-18-19-15(13)14-6-5-12(2)21-14/h5-6,9,11,17,20H,7-8,10H2,1-4H3,(H,18,19). The number of aromatic nitrogens is 2. The fourth-order valence-corrected chi connectivity index (χ4v) is 2.63. The molecule has 21 heavy (non-hydrogen) atoms. The van der Waals surface area contributed by atoms with Crippen LogP contribution in [0.1, 0.15) is 38.5 Å². The van der Waals surface area contributed by atoms with Gasteiger partial charge in [-0.1, -0.05) is 13.8 Å². The summed E-state index contributed by atoms with van der Waals surface area (Å²) in [5, 5.41) is 20.0. The molecule has 2 rings (SSSR count). The van der Waals surface area contributed by atoms with Crippen molar-refractivity contribution in [1.82, 2.24) is 15.5 Å². The lowest BCUT2D eigenvalue weighted by atomic mass is 9.87. The average molecular weight is 291 g/mol. The van der Waals surface area contributed by atoms with Crippen molar-refractivity contribution in [2.75, 3.05) is 6.54 Å². The lowest BCUT2D eigenvalue weighted by Gasteiger charge is -2.26. The summed E-state index contributed by atoms with van der Waals surface area (Å²) in [5.74, 6) is 1.70. The minimum absolute atomic E-state index is 0.0549. The summed E-state index contributed by atoms with van der Waals surface area (Å²) in [6.45, 7) is 9.61. The number of nitrogens with one attached hydrogen (secondary N) is 2. The summed E-state index contributed by atoms with van der Waals surface area (Å²) in [6, 6.07) is 3.89. The van der Waals surface area contributed by atoms with Crippen LogP contribution in [-0.4, -0.2) is 28.0 Å². The molecule has 5 heteroatoms. The highest BCUT2D eigenvalue weighted by atomic mass is 16.3. The molecular formula is C16H25N3O2. The Labute approximate surface area is 125 Å². The third kappa shape index (κ3) is 4.44. The molecule has 0 spiro atoms. The molecule has 0 saturated heterocycles. The van der Waals surface area contributed by atoms with Crippen LogP contribution in [0.15, 0.2) is 22.7 Å². The molecule has 0 saturated carbocycles. The van der Waals surface area contributed by atoms with E-state index in [1.54, 1.807) is 0 Å². The molecule has 116 valence electrons. The molecule has 2 heterocycles. The molecule has 2 aromatic heterocycles. The normalized spacial score (nSPS) is 13.6. The number of aryl methyl sites for hydroxylation is 1. The first-order chi connectivity index (χ1) is 9.87. The molecule has 0 amide bonds. The van der Waals surface area contributed by atoms with Crippen molar-refractivity contribution in [3.05, 3.63) is 29.7 Å². The van der Waals surface area contributed by atoms with Gasteiger partial charge in [-0.2, -0.15) is 5.10 Å². The van der Waals surface area contributed by atoms with E-state index in [9.17, 15) is 5.11 Å². The summed E-state index contributed by atoms with van der Waals surface area (Å²) in [5.41, 5.74) is 2.06. The maximum Gasteiger partial charge on any atom is 0.152 e.